The van der Waals surface area contributed by atoms with Crippen LogP contribution in [0.1, 0.15) is 46.5 Å². The molecule has 2 aliphatic carbocycles. The van der Waals surface area contributed by atoms with Crippen molar-refractivity contribution in [2.24, 2.45) is 16.7 Å². The maximum atomic E-state index is 10.6. The predicted octanol–water partition coefficient (Wildman–Crippen LogP) is 3.80. The molecule has 0 spiro atoms. The van der Waals surface area contributed by atoms with Gasteiger partial charge in [-0.1, -0.05) is 20.8 Å². The Morgan fingerprint density at radius 3 is 2.37 bits per heavy atom. The maximum absolute atomic E-state index is 10.6. The molecule has 4 rings (SSSR count). The molecule has 1 saturated heterocycles. The van der Waals surface area contributed by atoms with Gasteiger partial charge in [-0.15, -0.1) is 0 Å². The van der Waals surface area contributed by atoms with Gasteiger partial charge in [0, 0.05) is 45.0 Å². The molecule has 3 aliphatic rings. The Balaban J connectivity index is 1.16. The van der Waals surface area contributed by atoms with Crippen molar-refractivity contribution in [3.63, 3.8) is 0 Å². The number of aliphatic hydroxyl groups is 1. The van der Waals surface area contributed by atoms with Crippen molar-refractivity contribution < 1.29 is 14.6 Å². The van der Waals surface area contributed by atoms with Crippen LogP contribution in [0.25, 0.3) is 0 Å². The SMILES string of the molecule is COc1ccc(N2CCN(C[C@H](O)CCO[C@@H]3C[C@H]4CC[C@@]3(C)C4(C)C)CC2)cc1. The lowest BCUT2D eigenvalue weighted by molar-refractivity contribution is -0.0564. The van der Waals surface area contributed by atoms with E-state index in [0.29, 0.717) is 23.5 Å². The molecule has 2 saturated carbocycles. The molecule has 4 atom stereocenters. The topological polar surface area (TPSA) is 45.2 Å². The van der Waals surface area contributed by atoms with Gasteiger partial charge in [-0.3, -0.25) is 4.90 Å². The molecular formula is C25H40N2O3. The van der Waals surface area contributed by atoms with Crippen LogP contribution in [0.2, 0.25) is 0 Å². The summed E-state index contributed by atoms with van der Waals surface area (Å²) in [5, 5.41) is 10.6. The maximum Gasteiger partial charge on any atom is 0.119 e. The highest BCUT2D eigenvalue weighted by molar-refractivity contribution is 5.49. The van der Waals surface area contributed by atoms with Crippen LogP contribution < -0.4 is 9.64 Å². The fourth-order valence-electron chi connectivity index (χ4n) is 6.10. The van der Waals surface area contributed by atoms with Crippen LogP contribution >= 0.6 is 0 Å². The van der Waals surface area contributed by atoms with Crippen molar-refractivity contribution in [3.05, 3.63) is 24.3 Å². The van der Waals surface area contributed by atoms with Crippen LogP contribution in [0.5, 0.6) is 5.75 Å². The number of anilines is 1. The van der Waals surface area contributed by atoms with Gasteiger partial charge < -0.3 is 19.5 Å². The summed E-state index contributed by atoms with van der Waals surface area (Å²) in [6, 6.07) is 8.28. The van der Waals surface area contributed by atoms with Gasteiger partial charge in [0.05, 0.1) is 19.3 Å². The minimum atomic E-state index is -0.308. The van der Waals surface area contributed by atoms with E-state index in [9.17, 15) is 5.11 Å². The van der Waals surface area contributed by atoms with Gasteiger partial charge in [-0.05, 0) is 66.7 Å². The summed E-state index contributed by atoms with van der Waals surface area (Å²) in [4.78, 5) is 4.79. The molecular weight excluding hydrogens is 376 g/mol. The first-order valence-electron chi connectivity index (χ1n) is 11.7. The highest BCUT2D eigenvalue weighted by atomic mass is 16.5. The van der Waals surface area contributed by atoms with E-state index in [4.69, 9.17) is 9.47 Å². The number of aliphatic hydroxyl groups excluding tert-OH is 1. The van der Waals surface area contributed by atoms with Crippen molar-refractivity contribution in [2.45, 2.75) is 58.7 Å². The van der Waals surface area contributed by atoms with E-state index in [-0.39, 0.29) is 6.10 Å². The number of benzene rings is 1. The Morgan fingerprint density at radius 1 is 1.10 bits per heavy atom. The zero-order chi connectivity index (χ0) is 21.4. The van der Waals surface area contributed by atoms with Crippen molar-refractivity contribution in [3.8, 4) is 5.75 Å². The van der Waals surface area contributed by atoms with Crippen LogP contribution in [0.3, 0.4) is 0 Å². The molecule has 1 N–H and O–H groups in total. The number of nitrogens with zero attached hydrogens (tertiary/aromatic N) is 2. The number of methoxy groups -OCH3 is 1. The Hall–Kier alpha value is -1.30. The molecule has 2 bridgehead atoms. The number of piperazine rings is 1. The largest absolute Gasteiger partial charge is 0.497 e. The summed E-state index contributed by atoms with van der Waals surface area (Å²) in [5.74, 6) is 1.70. The third-order valence-electron chi connectivity index (χ3n) is 8.76. The van der Waals surface area contributed by atoms with Crippen LogP contribution in [0.4, 0.5) is 5.69 Å². The molecule has 30 heavy (non-hydrogen) atoms. The molecule has 0 amide bonds. The summed E-state index contributed by atoms with van der Waals surface area (Å²) in [7, 11) is 1.70. The fourth-order valence-corrected chi connectivity index (χ4v) is 6.10. The molecule has 1 aromatic carbocycles. The fraction of sp³-hybridized carbons (Fsp3) is 0.760. The lowest BCUT2D eigenvalue weighted by Gasteiger charge is -2.39. The molecule has 1 aromatic rings. The van der Waals surface area contributed by atoms with E-state index in [0.717, 1.165) is 50.8 Å². The minimum absolute atomic E-state index is 0.306. The summed E-state index contributed by atoms with van der Waals surface area (Å²) in [6.45, 7) is 12.7. The number of β-amino-alcohol motifs (C(OH)–C–C–N with tert-alkyl or cyclic N) is 1. The Kier molecular flexibility index (Phi) is 6.34. The molecule has 1 aliphatic heterocycles. The summed E-state index contributed by atoms with van der Waals surface area (Å²) in [5.41, 5.74) is 1.94. The second-order valence-electron chi connectivity index (χ2n) is 10.4. The summed E-state index contributed by atoms with van der Waals surface area (Å²) in [6.07, 6.45) is 4.64. The predicted molar refractivity (Wildman–Crippen MR) is 121 cm³/mol. The van der Waals surface area contributed by atoms with Crippen LogP contribution in [-0.4, -0.2) is 68.7 Å². The van der Waals surface area contributed by atoms with Gasteiger partial charge in [0.25, 0.3) is 0 Å². The Labute approximate surface area is 182 Å². The number of hydrogen-bond acceptors (Lipinski definition) is 5. The van der Waals surface area contributed by atoms with E-state index in [1.54, 1.807) is 7.11 Å². The summed E-state index contributed by atoms with van der Waals surface area (Å²) >= 11 is 0. The number of rotatable bonds is 8. The quantitative estimate of drug-likeness (QED) is 0.698. The third-order valence-corrected chi connectivity index (χ3v) is 8.76. The highest BCUT2D eigenvalue weighted by Gasteiger charge is 2.61. The normalized spacial score (nSPS) is 31.8. The van der Waals surface area contributed by atoms with E-state index in [1.807, 2.05) is 12.1 Å². The molecule has 0 unspecified atom stereocenters. The number of fused-ring (bicyclic) bond motifs is 2. The summed E-state index contributed by atoms with van der Waals surface area (Å²) < 4.78 is 11.6. The van der Waals surface area contributed by atoms with Crippen molar-refractivity contribution in [1.29, 1.82) is 0 Å². The molecule has 0 aromatic heterocycles. The molecule has 1 heterocycles. The van der Waals surface area contributed by atoms with E-state index < -0.39 is 0 Å². The molecule has 3 fully saturated rings. The average molecular weight is 417 g/mol. The average Bonchev–Trinajstić information content (AvgIpc) is 3.08. The van der Waals surface area contributed by atoms with Gasteiger partial charge in [-0.2, -0.15) is 0 Å². The second kappa shape index (κ2) is 8.68. The first kappa shape index (κ1) is 21.9. The van der Waals surface area contributed by atoms with E-state index in [1.165, 1.54) is 24.9 Å². The van der Waals surface area contributed by atoms with E-state index in [2.05, 4.69) is 42.7 Å². The highest BCUT2D eigenvalue weighted by Crippen LogP contribution is 2.66. The Morgan fingerprint density at radius 2 is 1.80 bits per heavy atom. The van der Waals surface area contributed by atoms with Crippen molar-refractivity contribution >= 4 is 5.69 Å². The molecule has 5 heteroatoms. The van der Waals surface area contributed by atoms with Gasteiger partial charge in [0.1, 0.15) is 5.75 Å². The van der Waals surface area contributed by atoms with Gasteiger partial charge in [0.15, 0.2) is 0 Å². The van der Waals surface area contributed by atoms with Crippen LogP contribution in [0.15, 0.2) is 24.3 Å². The Bertz CT molecular complexity index is 699. The van der Waals surface area contributed by atoms with Crippen molar-refractivity contribution in [1.82, 2.24) is 4.90 Å². The standard InChI is InChI=1S/C25H40N2O3/c1-24(2)19-9-11-25(24,3)23(17-19)30-16-10-21(28)18-26-12-14-27(15-13-26)20-5-7-22(29-4)8-6-20/h5-8,19,21,23,28H,9-18H2,1-4H3/t19-,21-,23-,25-/m1/s1. The third kappa shape index (κ3) is 4.09. The second-order valence-corrected chi connectivity index (χ2v) is 10.4. The first-order valence-corrected chi connectivity index (χ1v) is 11.7. The van der Waals surface area contributed by atoms with Gasteiger partial charge in [0.2, 0.25) is 0 Å². The molecule has 168 valence electrons. The van der Waals surface area contributed by atoms with Crippen LogP contribution in [-0.2, 0) is 4.74 Å². The lowest BCUT2D eigenvalue weighted by Crippen LogP contribution is -2.48. The smallest absolute Gasteiger partial charge is 0.119 e. The minimum Gasteiger partial charge on any atom is -0.497 e. The monoisotopic (exact) mass is 416 g/mol. The van der Waals surface area contributed by atoms with E-state index >= 15 is 0 Å². The van der Waals surface area contributed by atoms with Gasteiger partial charge in [-0.25, -0.2) is 0 Å². The number of hydrogen-bond donors (Lipinski definition) is 1. The zero-order valence-electron chi connectivity index (χ0n) is 19.3. The van der Waals surface area contributed by atoms with Crippen molar-refractivity contribution in [2.75, 3.05) is 51.3 Å². The molecule has 5 nitrogen and oxygen atoms in total. The first-order chi connectivity index (χ1) is 14.3. The zero-order valence-corrected chi connectivity index (χ0v) is 19.3. The van der Waals surface area contributed by atoms with Crippen LogP contribution in [0, 0.1) is 16.7 Å². The number of ether oxygens (including phenoxy) is 2. The lowest BCUT2D eigenvalue weighted by atomic mass is 9.70. The molecule has 0 radical (unpaired) electrons. The van der Waals surface area contributed by atoms with Gasteiger partial charge >= 0.3 is 0 Å².